The third-order valence-corrected chi connectivity index (χ3v) is 8.63. The zero-order chi connectivity index (χ0) is 27.3. The summed E-state index contributed by atoms with van der Waals surface area (Å²) in [6.07, 6.45) is -4.06. The molecule has 18 heteroatoms. The van der Waals surface area contributed by atoms with Gasteiger partial charge in [0.25, 0.3) is 5.69 Å². The monoisotopic (exact) mass is 560 g/mol. The summed E-state index contributed by atoms with van der Waals surface area (Å²) in [7, 11) is 1.14. The molecule has 0 radical (unpaired) electrons. The summed E-state index contributed by atoms with van der Waals surface area (Å²) in [5.74, 6) is -0.927. The number of carbonyl (C=O) groups is 1. The van der Waals surface area contributed by atoms with Crippen molar-refractivity contribution >= 4 is 35.5 Å². The zero-order valence-electron chi connectivity index (χ0n) is 19.4. The fourth-order valence-electron chi connectivity index (χ4n) is 3.03. The van der Waals surface area contributed by atoms with E-state index in [4.69, 9.17) is 25.3 Å². The first-order chi connectivity index (χ1) is 17.4. The number of ether oxygens (including phenoxy) is 2. The molecule has 1 aliphatic rings. The number of rotatable bonds is 12. The first-order valence-corrected chi connectivity index (χ1v) is 13.6. The van der Waals surface area contributed by atoms with Crippen LogP contribution in [0.2, 0.25) is 0 Å². The molecule has 1 aromatic carbocycles. The van der Waals surface area contributed by atoms with Gasteiger partial charge in [0.15, 0.2) is 12.1 Å². The Labute approximate surface area is 214 Å². The average Bonchev–Trinajstić information content (AvgIpc) is 3.47. The van der Waals surface area contributed by atoms with Gasteiger partial charge in [-0.1, -0.05) is 6.58 Å². The summed E-state index contributed by atoms with van der Waals surface area (Å²) in [5.41, 5.74) is 11.1. The number of nitro benzene ring substituents is 1. The second-order valence-electron chi connectivity index (χ2n) is 7.63. The summed E-state index contributed by atoms with van der Waals surface area (Å²) >= 11 is 0.571. The molecule has 2 heterocycles. The molecule has 1 aliphatic heterocycles. The van der Waals surface area contributed by atoms with E-state index in [0.29, 0.717) is 11.4 Å². The van der Waals surface area contributed by atoms with Crippen LogP contribution in [-0.4, -0.2) is 79.7 Å². The van der Waals surface area contributed by atoms with Crippen LogP contribution < -0.4 is 16.0 Å². The number of methoxy groups -OCH3 is 1. The Morgan fingerprint density at radius 3 is 2.62 bits per heavy atom. The van der Waals surface area contributed by atoms with Crippen LogP contribution in [0.4, 0.5) is 5.69 Å². The fourth-order valence-corrected chi connectivity index (χ4v) is 6.25. The number of hydrogen-bond donors (Lipinski definition) is 4. The quantitative estimate of drug-likeness (QED) is 0.117. The molecule has 0 bridgehead atoms. The molecule has 3 rings (SSSR count). The second kappa shape index (κ2) is 12.0. The van der Waals surface area contributed by atoms with Gasteiger partial charge < -0.3 is 35.7 Å². The van der Waals surface area contributed by atoms with Gasteiger partial charge in [-0.2, -0.15) is 0 Å². The van der Waals surface area contributed by atoms with E-state index >= 15 is 0 Å². The van der Waals surface area contributed by atoms with Crippen molar-refractivity contribution in [2.75, 3.05) is 19.5 Å². The maximum absolute atomic E-state index is 13.5. The first kappa shape index (κ1) is 28.5. The number of nitrogens with zero attached hydrogens (tertiary/aromatic N) is 4. The smallest absolute Gasteiger partial charge is 0.440 e. The molecule has 0 amide bonds. The fraction of sp³-hybridized carbons (Fsp3) is 0.421. The van der Waals surface area contributed by atoms with Crippen LogP contribution in [0.5, 0.6) is 5.75 Å². The lowest BCUT2D eigenvalue weighted by Crippen LogP contribution is -2.34. The largest absolute Gasteiger partial charge is 0.468 e. The average molecular weight is 560 g/mol. The molecular formula is C19H25N6O10PS. The van der Waals surface area contributed by atoms with E-state index in [1.807, 2.05) is 0 Å². The van der Waals surface area contributed by atoms with Gasteiger partial charge in [-0.05, 0) is 23.5 Å². The van der Waals surface area contributed by atoms with Gasteiger partial charge >= 0.3 is 12.8 Å². The van der Waals surface area contributed by atoms with E-state index in [0.717, 1.165) is 23.9 Å². The Morgan fingerprint density at radius 1 is 1.38 bits per heavy atom. The van der Waals surface area contributed by atoms with Crippen molar-refractivity contribution in [3.8, 4) is 5.75 Å². The highest BCUT2D eigenvalue weighted by molar-refractivity contribution is 8.55. The number of esters is 1. The number of carbonyl (C=O) groups excluding carboxylic acids is 1. The molecular weight excluding hydrogens is 535 g/mol. The van der Waals surface area contributed by atoms with Gasteiger partial charge in [-0.3, -0.25) is 19.4 Å². The topological polar surface area (TPSA) is 237 Å². The van der Waals surface area contributed by atoms with Gasteiger partial charge in [0.2, 0.25) is 0 Å². The molecule has 6 atom stereocenters. The lowest BCUT2D eigenvalue weighted by atomic mass is 10.1. The molecule has 0 aliphatic carbocycles. The minimum absolute atomic E-state index is 0.0315. The number of aliphatic hydroxyl groups is 2. The summed E-state index contributed by atoms with van der Waals surface area (Å²) in [6.45, 7) is -1.17. The maximum atomic E-state index is 13.5. The highest BCUT2D eigenvalue weighted by Crippen LogP contribution is 2.60. The highest BCUT2D eigenvalue weighted by Gasteiger charge is 2.46. The number of aromatic nitrogens is 3. The number of non-ortho nitro benzene ring substituents is 1. The minimum atomic E-state index is -4.16. The van der Waals surface area contributed by atoms with Crippen molar-refractivity contribution in [3.63, 3.8) is 0 Å². The molecule has 0 spiro atoms. The molecule has 1 fully saturated rings. The SMILES string of the molecule is C=C(N)c1ncn([C@@H]2O[C@H](COP(=O)(Oc3ccc([N+](=O)[O-])cc3)SC[C@H](N)C(=O)OC)[C@@H](O)[C@H]2O)n1. The number of aliphatic hydroxyl groups excluding tert-OH is 2. The van der Waals surface area contributed by atoms with Crippen molar-refractivity contribution in [2.24, 2.45) is 11.5 Å². The molecule has 16 nitrogen and oxygen atoms in total. The third kappa shape index (κ3) is 7.04. The molecule has 1 saturated heterocycles. The van der Waals surface area contributed by atoms with Crippen LogP contribution in [0.3, 0.4) is 0 Å². The molecule has 1 unspecified atom stereocenters. The van der Waals surface area contributed by atoms with E-state index in [9.17, 15) is 29.7 Å². The van der Waals surface area contributed by atoms with E-state index in [1.54, 1.807) is 0 Å². The van der Waals surface area contributed by atoms with Crippen LogP contribution in [0.15, 0.2) is 37.2 Å². The summed E-state index contributed by atoms with van der Waals surface area (Å²) in [5, 5.41) is 35.8. The Bertz CT molecular complexity index is 1180. The predicted octanol–water partition coefficient (Wildman–Crippen LogP) is 0.172. The van der Waals surface area contributed by atoms with Gasteiger partial charge in [-0.25, -0.2) is 14.2 Å². The van der Waals surface area contributed by atoms with E-state index in [1.165, 1.54) is 18.5 Å². The maximum Gasteiger partial charge on any atom is 0.440 e. The first-order valence-electron chi connectivity index (χ1n) is 10.5. The van der Waals surface area contributed by atoms with Crippen LogP contribution in [0.25, 0.3) is 5.70 Å². The summed E-state index contributed by atoms with van der Waals surface area (Å²) < 4.78 is 35.8. The Kier molecular flexibility index (Phi) is 9.25. The van der Waals surface area contributed by atoms with Gasteiger partial charge in [0.05, 0.1) is 24.3 Å². The number of benzene rings is 1. The van der Waals surface area contributed by atoms with Crippen LogP contribution in [0.1, 0.15) is 12.1 Å². The molecule has 2 aromatic rings. The summed E-state index contributed by atoms with van der Waals surface area (Å²) in [6, 6.07) is 3.53. The highest BCUT2D eigenvalue weighted by atomic mass is 32.7. The summed E-state index contributed by atoms with van der Waals surface area (Å²) in [4.78, 5) is 25.8. The van der Waals surface area contributed by atoms with E-state index < -0.39 is 54.9 Å². The lowest BCUT2D eigenvalue weighted by Gasteiger charge is -2.22. The molecule has 6 N–H and O–H groups in total. The second-order valence-corrected chi connectivity index (χ2v) is 11.7. The molecule has 1 aromatic heterocycles. The van der Waals surface area contributed by atoms with Crippen molar-refractivity contribution < 1.29 is 43.0 Å². The Hall–Kier alpha value is -3.05. The zero-order valence-corrected chi connectivity index (χ0v) is 21.1. The van der Waals surface area contributed by atoms with Crippen LogP contribution >= 0.6 is 18.2 Å². The van der Waals surface area contributed by atoms with Crippen molar-refractivity contribution in [2.45, 2.75) is 30.6 Å². The number of nitrogens with two attached hydrogens (primary N) is 2. The number of hydrogen-bond acceptors (Lipinski definition) is 15. The number of nitro groups is 1. The Balaban J connectivity index is 1.73. The molecule has 0 saturated carbocycles. The standard InChI is InChI=1S/C19H25N6O10PS/c1-10(20)17-22-9-24(23-17)18-16(27)15(26)14(34-18)7-33-36(31,37-8-13(21)19(28)32-2)35-12-5-3-11(4-6-12)25(29)30/h3-6,9,13-16,18,26-27H,1,7-8,20-21H2,2H3/t13-,14+,15+,16+,18+,36?/m0/s1. The lowest BCUT2D eigenvalue weighted by molar-refractivity contribution is -0.384. The van der Waals surface area contributed by atoms with Crippen molar-refractivity contribution in [1.29, 1.82) is 0 Å². The normalized spacial score (nSPS) is 23.7. The van der Waals surface area contributed by atoms with Crippen molar-refractivity contribution in [1.82, 2.24) is 14.8 Å². The van der Waals surface area contributed by atoms with Gasteiger partial charge in [0, 0.05) is 17.9 Å². The van der Waals surface area contributed by atoms with Gasteiger partial charge in [-0.15, -0.1) is 5.10 Å². The third-order valence-electron chi connectivity index (χ3n) is 4.97. The molecule has 202 valence electrons. The van der Waals surface area contributed by atoms with Crippen LogP contribution in [-0.2, 0) is 23.4 Å². The van der Waals surface area contributed by atoms with Crippen LogP contribution in [0, 0.1) is 10.1 Å². The van der Waals surface area contributed by atoms with E-state index in [2.05, 4.69) is 21.4 Å². The van der Waals surface area contributed by atoms with Gasteiger partial charge in [0.1, 0.15) is 36.4 Å². The predicted molar refractivity (Wildman–Crippen MR) is 129 cm³/mol. The van der Waals surface area contributed by atoms with Crippen molar-refractivity contribution in [3.05, 3.63) is 53.1 Å². The van der Waals surface area contributed by atoms with E-state index in [-0.39, 0.29) is 28.7 Å². The minimum Gasteiger partial charge on any atom is -0.468 e. The molecule has 37 heavy (non-hydrogen) atoms. The Morgan fingerprint density at radius 2 is 2.05 bits per heavy atom.